The van der Waals surface area contributed by atoms with Gasteiger partial charge in [0.05, 0.1) is 6.04 Å². The van der Waals surface area contributed by atoms with Crippen molar-refractivity contribution < 1.29 is 13.7 Å². The number of hydrogen-bond acceptors (Lipinski definition) is 5. The van der Waals surface area contributed by atoms with E-state index >= 15 is 0 Å². The van der Waals surface area contributed by atoms with E-state index in [1.807, 2.05) is 32.9 Å². The number of nitrogens with two attached hydrogens (primary N) is 1. The van der Waals surface area contributed by atoms with Gasteiger partial charge in [-0.05, 0) is 63.9 Å². The van der Waals surface area contributed by atoms with Crippen molar-refractivity contribution in [1.82, 2.24) is 4.90 Å². The van der Waals surface area contributed by atoms with E-state index in [0.29, 0.717) is 10.8 Å². The Kier molecular flexibility index (Phi) is 6.46. The summed E-state index contributed by atoms with van der Waals surface area (Å²) in [5.41, 5.74) is -0.529. The van der Waals surface area contributed by atoms with E-state index < -0.39 is 23.8 Å². The number of likely N-dealkylation sites (tertiary alicyclic amines) is 1. The predicted molar refractivity (Wildman–Crippen MR) is 119 cm³/mol. The Hall–Kier alpha value is -0.903. The van der Waals surface area contributed by atoms with E-state index in [0.717, 1.165) is 17.7 Å². The first-order valence-corrected chi connectivity index (χ1v) is 15.0. The smallest absolute Gasteiger partial charge is 0.410 e. The van der Waals surface area contributed by atoms with Gasteiger partial charge in [0.2, 0.25) is 0 Å². The summed E-state index contributed by atoms with van der Waals surface area (Å²) in [7, 11) is -5.11. The number of nitrogens with zero attached hydrogens (tertiary/aromatic N) is 2. The third-order valence-electron chi connectivity index (χ3n) is 5.30. The minimum absolute atomic E-state index is 0.0336. The Morgan fingerprint density at radius 1 is 1.29 bits per heavy atom. The van der Waals surface area contributed by atoms with Crippen LogP contribution in [0.15, 0.2) is 20.4 Å². The molecule has 6 nitrogen and oxygen atoms in total. The molecule has 1 unspecified atom stereocenters. The molecule has 0 bridgehead atoms. The van der Waals surface area contributed by atoms with Gasteiger partial charge in [-0.1, -0.05) is 20.8 Å². The molecule has 1 amide bonds. The summed E-state index contributed by atoms with van der Waals surface area (Å²) < 4.78 is 24.0. The number of amides is 1. The summed E-state index contributed by atoms with van der Waals surface area (Å²) >= 11 is 1.41. The van der Waals surface area contributed by atoms with Crippen molar-refractivity contribution in [1.29, 1.82) is 0 Å². The standard InChI is InChI=1S/C19H35N3O3S2Si/c1-18(2,3)25-17(23)22-13-9-10-14(22)15-11-12-16(26-15)27(20,24)21-28(7,8)19(4,5)6/h11-12,14H,9-10,13H2,1-8H3,(H2,20,21,24)/t14-,27?/m1/s1. The van der Waals surface area contributed by atoms with E-state index in [4.69, 9.17) is 9.88 Å². The minimum Gasteiger partial charge on any atom is -0.444 e. The van der Waals surface area contributed by atoms with Crippen LogP contribution in [-0.4, -0.2) is 35.6 Å². The molecule has 2 rings (SSSR count). The molecule has 1 aliphatic rings. The SMILES string of the molecule is CC(C)(C)OC(=O)N1CCC[C@@H]1c1ccc(S(N)(=O)=N[Si](C)(C)C(C)(C)C)s1. The first-order chi connectivity index (χ1) is 12.5. The van der Waals surface area contributed by atoms with Crippen LogP contribution in [0.3, 0.4) is 0 Å². The number of hydrogen-bond donors (Lipinski definition) is 1. The third-order valence-corrected chi connectivity index (χ3v) is 14.5. The number of rotatable bonds is 3. The van der Waals surface area contributed by atoms with Gasteiger partial charge in [0.25, 0.3) is 0 Å². The molecule has 2 heterocycles. The van der Waals surface area contributed by atoms with Gasteiger partial charge in [-0.2, -0.15) is 0 Å². The van der Waals surface area contributed by atoms with Crippen molar-refractivity contribution >= 4 is 35.6 Å². The molecule has 9 heteroatoms. The highest BCUT2D eigenvalue weighted by atomic mass is 32.2. The lowest BCUT2D eigenvalue weighted by Crippen LogP contribution is -2.37. The van der Waals surface area contributed by atoms with Crippen LogP contribution in [0.1, 0.15) is 65.3 Å². The van der Waals surface area contributed by atoms with Gasteiger partial charge in [0, 0.05) is 11.4 Å². The van der Waals surface area contributed by atoms with Crippen molar-refractivity contribution in [2.45, 2.75) is 88.4 Å². The molecule has 0 radical (unpaired) electrons. The molecule has 0 spiro atoms. The number of carbonyl (C=O) groups excluding carboxylic acids is 1. The first kappa shape index (κ1) is 23.4. The monoisotopic (exact) mass is 445 g/mol. The fourth-order valence-corrected chi connectivity index (χ4v) is 9.21. The largest absolute Gasteiger partial charge is 0.444 e. The van der Waals surface area contributed by atoms with Gasteiger partial charge in [-0.25, -0.2) is 14.1 Å². The molecule has 1 aliphatic heterocycles. The fraction of sp³-hybridized carbons (Fsp3) is 0.737. The van der Waals surface area contributed by atoms with Crippen LogP contribution < -0.4 is 5.14 Å². The Bertz CT molecular complexity index is 843. The van der Waals surface area contributed by atoms with Gasteiger partial charge in [0.1, 0.15) is 19.7 Å². The normalized spacial score (nSPS) is 20.8. The van der Waals surface area contributed by atoms with Crippen LogP contribution in [-0.2, 0) is 14.7 Å². The molecule has 2 atom stereocenters. The zero-order chi connectivity index (χ0) is 21.5. The molecule has 0 saturated carbocycles. The van der Waals surface area contributed by atoms with Crippen molar-refractivity contribution in [2.24, 2.45) is 9.17 Å². The Morgan fingerprint density at radius 2 is 1.89 bits per heavy atom. The molecular formula is C19H35N3O3S2Si. The molecule has 0 aliphatic carbocycles. The van der Waals surface area contributed by atoms with E-state index in [9.17, 15) is 9.00 Å². The van der Waals surface area contributed by atoms with E-state index in [1.165, 1.54) is 11.3 Å². The van der Waals surface area contributed by atoms with Gasteiger partial charge >= 0.3 is 6.09 Å². The summed E-state index contributed by atoms with van der Waals surface area (Å²) in [5.74, 6) is 0. The van der Waals surface area contributed by atoms with Crippen LogP contribution in [0.4, 0.5) is 4.79 Å². The summed E-state index contributed by atoms with van der Waals surface area (Å²) in [6.45, 7) is 16.8. The second kappa shape index (κ2) is 7.74. The minimum atomic E-state index is -2.96. The van der Waals surface area contributed by atoms with Gasteiger partial charge < -0.3 is 9.64 Å². The average Bonchev–Trinajstić information content (AvgIpc) is 3.12. The average molecular weight is 446 g/mol. The van der Waals surface area contributed by atoms with Gasteiger partial charge in [0.15, 0.2) is 8.24 Å². The topological polar surface area (TPSA) is 85.0 Å². The highest BCUT2D eigenvalue weighted by molar-refractivity contribution is 7.94. The lowest BCUT2D eigenvalue weighted by atomic mass is 10.2. The van der Waals surface area contributed by atoms with Crippen molar-refractivity contribution in [3.8, 4) is 0 Å². The van der Waals surface area contributed by atoms with Crippen LogP contribution in [0.5, 0.6) is 0 Å². The molecule has 160 valence electrons. The van der Waals surface area contributed by atoms with E-state index in [2.05, 4.69) is 37.9 Å². The van der Waals surface area contributed by atoms with E-state index in [-0.39, 0.29) is 17.2 Å². The maximum Gasteiger partial charge on any atom is 0.410 e. The van der Waals surface area contributed by atoms with E-state index in [1.54, 1.807) is 4.90 Å². The van der Waals surface area contributed by atoms with Crippen molar-refractivity contribution in [3.05, 3.63) is 17.0 Å². The molecule has 1 saturated heterocycles. The lowest BCUT2D eigenvalue weighted by molar-refractivity contribution is 0.0227. The molecule has 0 aromatic carbocycles. The van der Waals surface area contributed by atoms with Crippen LogP contribution in [0, 0.1) is 0 Å². The highest BCUT2D eigenvalue weighted by Gasteiger charge is 2.38. The van der Waals surface area contributed by atoms with Crippen molar-refractivity contribution in [2.75, 3.05) is 6.54 Å². The van der Waals surface area contributed by atoms with Crippen LogP contribution >= 0.6 is 11.3 Å². The Morgan fingerprint density at radius 3 is 2.43 bits per heavy atom. The summed E-state index contributed by atoms with van der Waals surface area (Å²) in [6, 6.07) is 3.68. The summed E-state index contributed by atoms with van der Waals surface area (Å²) in [6.07, 6.45) is 1.48. The maximum atomic E-state index is 13.2. The van der Waals surface area contributed by atoms with Crippen molar-refractivity contribution in [3.63, 3.8) is 0 Å². The van der Waals surface area contributed by atoms with Gasteiger partial charge in [-0.3, -0.25) is 4.03 Å². The molecule has 28 heavy (non-hydrogen) atoms. The van der Waals surface area contributed by atoms with Crippen LogP contribution in [0.2, 0.25) is 18.1 Å². The summed E-state index contributed by atoms with van der Waals surface area (Å²) in [5, 5.41) is 6.18. The predicted octanol–water partition coefficient (Wildman–Crippen LogP) is 5.53. The highest BCUT2D eigenvalue weighted by Crippen LogP contribution is 2.40. The third kappa shape index (κ3) is 5.37. The molecule has 1 aromatic rings. The quantitative estimate of drug-likeness (QED) is 0.621. The van der Waals surface area contributed by atoms with Gasteiger partial charge in [-0.15, -0.1) is 11.3 Å². The zero-order valence-corrected chi connectivity index (χ0v) is 21.0. The molecule has 1 fully saturated rings. The fourth-order valence-electron chi connectivity index (χ4n) is 2.79. The first-order valence-electron chi connectivity index (χ1n) is 9.69. The Balaban J connectivity index is 2.30. The summed E-state index contributed by atoms with van der Waals surface area (Å²) in [4.78, 5) is 15.3. The van der Waals surface area contributed by atoms with Crippen LogP contribution in [0.25, 0.3) is 0 Å². The zero-order valence-electron chi connectivity index (χ0n) is 18.4. The lowest BCUT2D eigenvalue weighted by Gasteiger charge is -2.32. The number of carbonyl (C=O) groups is 1. The number of thiophene rings is 1. The molecule has 1 aromatic heterocycles. The molecule has 2 N–H and O–H groups in total. The molecular weight excluding hydrogens is 410 g/mol. The maximum absolute atomic E-state index is 13.2. The Labute approximate surface area is 175 Å². The second-order valence-electron chi connectivity index (χ2n) is 9.96. The number of ether oxygens (including phenoxy) is 1. The second-order valence-corrected chi connectivity index (χ2v) is 18.3.